The molecule has 3 heterocycles. The van der Waals surface area contributed by atoms with Crippen molar-refractivity contribution in [2.24, 2.45) is 0 Å². The molecule has 0 radical (unpaired) electrons. The summed E-state index contributed by atoms with van der Waals surface area (Å²) in [6, 6.07) is 4.07. The Kier molecular flexibility index (Phi) is 4.10. The molecule has 0 aromatic carbocycles. The van der Waals surface area contributed by atoms with Gasteiger partial charge in [-0.25, -0.2) is 0 Å². The van der Waals surface area contributed by atoms with E-state index in [9.17, 15) is 4.79 Å². The van der Waals surface area contributed by atoms with Crippen molar-refractivity contribution in [1.29, 1.82) is 0 Å². The fourth-order valence-electron chi connectivity index (χ4n) is 3.77. The highest BCUT2D eigenvalue weighted by molar-refractivity contribution is 5.79. The maximum Gasteiger partial charge on any atom is 0.261 e. The Morgan fingerprint density at radius 1 is 1.19 bits per heavy atom. The highest BCUT2D eigenvalue weighted by Crippen LogP contribution is 2.39. The Morgan fingerprint density at radius 3 is 2.85 bits per heavy atom. The van der Waals surface area contributed by atoms with Crippen molar-refractivity contribution in [1.82, 2.24) is 30.1 Å². The van der Waals surface area contributed by atoms with Gasteiger partial charge >= 0.3 is 0 Å². The number of amides is 1. The fourth-order valence-corrected chi connectivity index (χ4v) is 3.77. The SMILES string of the molecule is O=C(Cc1nnc2c(-c3nc(C4CC4)no3)cccn12)NC1CCCCC1. The van der Waals surface area contributed by atoms with Gasteiger partial charge in [-0.05, 0) is 37.8 Å². The molecule has 3 aromatic rings. The number of hydrogen-bond acceptors (Lipinski definition) is 6. The Bertz CT molecular complexity index is 968. The van der Waals surface area contributed by atoms with E-state index < -0.39 is 0 Å². The molecule has 27 heavy (non-hydrogen) atoms. The molecule has 1 N–H and O–H groups in total. The number of nitrogens with one attached hydrogen (secondary N) is 1. The molecule has 2 fully saturated rings. The highest BCUT2D eigenvalue weighted by atomic mass is 16.5. The first-order valence-corrected chi connectivity index (χ1v) is 9.74. The molecule has 3 aromatic heterocycles. The van der Waals surface area contributed by atoms with Crippen LogP contribution in [0.25, 0.3) is 17.1 Å². The summed E-state index contributed by atoms with van der Waals surface area (Å²) in [6.07, 6.45) is 10.1. The minimum absolute atomic E-state index is 0.00425. The number of rotatable bonds is 5. The summed E-state index contributed by atoms with van der Waals surface area (Å²) in [6.45, 7) is 0. The number of nitrogens with zero attached hydrogens (tertiary/aromatic N) is 5. The minimum Gasteiger partial charge on any atom is -0.353 e. The topological polar surface area (TPSA) is 98.2 Å². The minimum atomic E-state index is -0.00425. The van der Waals surface area contributed by atoms with E-state index in [1.54, 1.807) is 0 Å². The molecule has 8 nitrogen and oxygen atoms in total. The van der Waals surface area contributed by atoms with Gasteiger partial charge in [-0.2, -0.15) is 4.98 Å². The Hall–Kier alpha value is -2.77. The number of hydrogen-bond donors (Lipinski definition) is 1. The molecule has 2 aliphatic rings. The summed E-state index contributed by atoms with van der Waals surface area (Å²) >= 11 is 0. The third-order valence-electron chi connectivity index (χ3n) is 5.41. The van der Waals surface area contributed by atoms with Crippen LogP contribution in [-0.2, 0) is 11.2 Å². The van der Waals surface area contributed by atoms with Gasteiger partial charge < -0.3 is 9.84 Å². The van der Waals surface area contributed by atoms with Gasteiger partial charge in [0.1, 0.15) is 5.82 Å². The van der Waals surface area contributed by atoms with Crippen molar-refractivity contribution in [2.45, 2.75) is 63.3 Å². The van der Waals surface area contributed by atoms with Gasteiger partial charge in [0.25, 0.3) is 5.89 Å². The molecule has 0 aliphatic heterocycles. The number of fused-ring (bicyclic) bond motifs is 1. The molecule has 0 bridgehead atoms. The molecule has 2 aliphatic carbocycles. The standard InChI is InChI=1S/C19H22N6O2/c26-16(20-13-5-2-1-3-6-13)11-15-22-23-18-14(7-4-10-25(15)18)19-21-17(24-27-19)12-8-9-12/h4,7,10,12-13H,1-3,5-6,8-9,11H2,(H,20,26). The fraction of sp³-hybridized carbons (Fsp3) is 0.526. The first-order valence-electron chi connectivity index (χ1n) is 9.74. The Balaban J connectivity index is 1.37. The molecule has 8 heteroatoms. The molecule has 140 valence electrons. The van der Waals surface area contributed by atoms with Gasteiger partial charge in [-0.15, -0.1) is 10.2 Å². The smallest absolute Gasteiger partial charge is 0.261 e. The van der Waals surface area contributed by atoms with E-state index in [2.05, 4.69) is 25.7 Å². The lowest BCUT2D eigenvalue weighted by Crippen LogP contribution is -2.37. The summed E-state index contributed by atoms with van der Waals surface area (Å²) in [5, 5.41) is 15.7. The molecule has 1 amide bonds. The van der Waals surface area contributed by atoms with Crippen molar-refractivity contribution in [3.05, 3.63) is 30.0 Å². The molecule has 5 rings (SSSR count). The van der Waals surface area contributed by atoms with Crippen LogP contribution in [0.2, 0.25) is 0 Å². The van der Waals surface area contributed by atoms with Gasteiger partial charge in [0, 0.05) is 18.2 Å². The summed E-state index contributed by atoms with van der Waals surface area (Å²) in [7, 11) is 0. The van der Waals surface area contributed by atoms with Crippen LogP contribution in [0.5, 0.6) is 0 Å². The van der Waals surface area contributed by atoms with Gasteiger partial charge in [-0.3, -0.25) is 9.20 Å². The van der Waals surface area contributed by atoms with E-state index in [0.29, 0.717) is 29.3 Å². The third kappa shape index (κ3) is 3.31. The second kappa shape index (κ2) is 6.75. The van der Waals surface area contributed by atoms with Crippen LogP contribution in [0.1, 0.15) is 62.5 Å². The largest absolute Gasteiger partial charge is 0.353 e. The molecule has 0 unspecified atom stereocenters. The van der Waals surface area contributed by atoms with Gasteiger partial charge in [-0.1, -0.05) is 24.4 Å². The average Bonchev–Trinajstić information content (AvgIpc) is 3.28. The van der Waals surface area contributed by atoms with Crippen molar-refractivity contribution >= 4 is 11.6 Å². The number of aromatic nitrogens is 5. The molecule has 0 atom stereocenters. The van der Waals surface area contributed by atoms with Crippen molar-refractivity contribution in [3.63, 3.8) is 0 Å². The molecule has 2 saturated carbocycles. The monoisotopic (exact) mass is 366 g/mol. The van der Waals surface area contributed by atoms with E-state index in [1.165, 1.54) is 19.3 Å². The zero-order valence-electron chi connectivity index (χ0n) is 15.1. The third-order valence-corrected chi connectivity index (χ3v) is 5.41. The van der Waals surface area contributed by atoms with Crippen LogP contribution in [-0.4, -0.2) is 36.7 Å². The number of carbonyl (C=O) groups excluding carboxylic acids is 1. The maximum absolute atomic E-state index is 12.4. The lowest BCUT2D eigenvalue weighted by Gasteiger charge is -2.22. The van der Waals surface area contributed by atoms with Gasteiger partial charge in [0.2, 0.25) is 5.91 Å². The zero-order chi connectivity index (χ0) is 18.2. The van der Waals surface area contributed by atoms with Crippen LogP contribution in [0.3, 0.4) is 0 Å². The van der Waals surface area contributed by atoms with Crippen molar-refractivity contribution in [2.75, 3.05) is 0 Å². The van der Waals surface area contributed by atoms with E-state index in [0.717, 1.165) is 37.1 Å². The van der Waals surface area contributed by atoms with Crippen molar-refractivity contribution < 1.29 is 9.32 Å². The van der Waals surface area contributed by atoms with E-state index >= 15 is 0 Å². The zero-order valence-corrected chi connectivity index (χ0v) is 15.1. The van der Waals surface area contributed by atoms with Gasteiger partial charge in [0.15, 0.2) is 11.5 Å². The summed E-state index contributed by atoms with van der Waals surface area (Å²) in [5.74, 6) is 2.25. The quantitative estimate of drug-likeness (QED) is 0.745. The summed E-state index contributed by atoms with van der Waals surface area (Å²) in [5.41, 5.74) is 1.37. The summed E-state index contributed by atoms with van der Waals surface area (Å²) in [4.78, 5) is 16.9. The second-order valence-corrected chi connectivity index (χ2v) is 7.54. The van der Waals surface area contributed by atoms with E-state index in [-0.39, 0.29) is 12.3 Å². The lowest BCUT2D eigenvalue weighted by molar-refractivity contribution is -0.121. The lowest BCUT2D eigenvalue weighted by atomic mass is 9.95. The van der Waals surface area contributed by atoms with Crippen LogP contribution in [0, 0.1) is 0 Å². The average molecular weight is 366 g/mol. The van der Waals surface area contributed by atoms with E-state index in [4.69, 9.17) is 4.52 Å². The second-order valence-electron chi connectivity index (χ2n) is 7.54. The number of carbonyl (C=O) groups is 1. The highest BCUT2D eigenvalue weighted by Gasteiger charge is 2.29. The molecular formula is C19H22N6O2. The predicted molar refractivity (Wildman–Crippen MR) is 97.0 cm³/mol. The van der Waals surface area contributed by atoms with Crippen molar-refractivity contribution in [3.8, 4) is 11.5 Å². The Morgan fingerprint density at radius 2 is 2.04 bits per heavy atom. The normalized spacial score (nSPS) is 18.1. The van der Waals surface area contributed by atoms with Crippen LogP contribution >= 0.6 is 0 Å². The van der Waals surface area contributed by atoms with Gasteiger partial charge in [0.05, 0.1) is 12.0 Å². The first-order chi connectivity index (χ1) is 13.3. The van der Waals surface area contributed by atoms with Crippen LogP contribution in [0.15, 0.2) is 22.9 Å². The van der Waals surface area contributed by atoms with E-state index in [1.807, 2.05) is 22.7 Å². The Labute approximate surface area is 156 Å². The molecule has 0 spiro atoms. The first kappa shape index (κ1) is 16.4. The predicted octanol–water partition coefficient (Wildman–Crippen LogP) is 2.65. The summed E-state index contributed by atoms with van der Waals surface area (Å²) < 4.78 is 7.26. The number of pyridine rings is 1. The molecular weight excluding hydrogens is 344 g/mol. The van der Waals surface area contributed by atoms with Crippen LogP contribution in [0.4, 0.5) is 0 Å². The molecule has 0 saturated heterocycles. The maximum atomic E-state index is 12.4. The van der Waals surface area contributed by atoms with Crippen LogP contribution < -0.4 is 5.32 Å².